The van der Waals surface area contributed by atoms with Crippen molar-refractivity contribution in [1.29, 1.82) is 0 Å². The maximum absolute atomic E-state index is 3.84. The maximum atomic E-state index is 3.84. The smallest absolute Gasteiger partial charge is 0.0209 e. The first-order chi connectivity index (χ1) is 8.29. The molecule has 1 heterocycles. The van der Waals surface area contributed by atoms with Crippen LogP contribution >= 0.6 is 7.92 Å². The predicted molar refractivity (Wildman–Crippen MR) is 80.2 cm³/mol. The van der Waals surface area contributed by atoms with Crippen LogP contribution in [0.15, 0.2) is 12.7 Å². The fraction of sp³-hybridized carbons (Fsp3) is 0.875. The molecule has 98 valence electrons. The van der Waals surface area contributed by atoms with Gasteiger partial charge in [0.05, 0.1) is 0 Å². The van der Waals surface area contributed by atoms with Gasteiger partial charge >= 0.3 is 0 Å². The highest BCUT2D eigenvalue weighted by Gasteiger charge is 2.29. The molecule has 0 amide bonds. The number of rotatable bonds is 4. The lowest BCUT2D eigenvalue weighted by Gasteiger charge is -2.37. The number of allylic oxidation sites excluding steroid dienone is 1. The minimum Gasteiger partial charge on any atom is -0.104 e. The van der Waals surface area contributed by atoms with Crippen molar-refractivity contribution in [3.05, 3.63) is 12.7 Å². The first kappa shape index (κ1) is 13.6. The summed E-state index contributed by atoms with van der Waals surface area (Å²) in [6, 6.07) is 0. The summed E-state index contributed by atoms with van der Waals surface area (Å²) >= 11 is 0. The number of hydrogen-bond acceptors (Lipinski definition) is 0. The van der Waals surface area contributed by atoms with Gasteiger partial charge in [0.25, 0.3) is 0 Å². The second kappa shape index (κ2) is 6.93. The molecule has 0 N–H and O–H groups in total. The summed E-state index contributed by atoms with van der Waals surface area (Å²) in [7, 11) is 0.424. The Morgan fingerprint density at radius 2 is 1.71 bits per heavy atom. The molecule has 0 bridgehead atoms. The molecule has 2 rings (SSSR count). The van der Waals surface area contributed by atoms with Crippen LogP contribution < -0.4 is 0 Å². The quantitative estimate of drug-likeness (QED) is 0.462. The molecular weight excluding hydrogens is 223 g/mol. The van der Waals surface area contributed by atoms with Gasteiger partial charge < -0.3 is 0 Å². The predicted octanol–water partition coefficient (Wildman–Crippen LogP) is 5.42. The van der Waals surface area contributed by atoms with Gasteiger partial charge in [-0.15, -0.1) is 14.5 Å². The lowest BCUT2D eigenvalue weighted by molar-refractivity contribution is 0.385. The minimum absolute atomic E-state index is 0.424. The molecule has 0 nitrogen and oxygen atoms in total. The van der Waals surface area contributed by atoms with Crippen LogP contribution in [0.2, 0.25) is 0 Å². The van der Waals surface area contributed by atoms with Crippen molar-refractivity contribution in [2.75, 3.05) is 12.3 Å². The third-order valence-electron chi connectivity index (χ3n) is 4.93. The van der Waals surface area contributed by atoms with Gasteiger partial charge in [-0.3, -0.25) is 0 Å². The van der Waals surface area contributed by atoms with Crippen LogP contribution in [0, 0.1) is 11.8 Å². The van der Waals surface area contributed by atoms with E-state index < -0.39 is 0 Å². The van der Waals surface area contributed by atoms with Gasteiger partial charge in [-0.05, 0) is 68.3 Å². The Hall–Kier alpha value is 0.170. The largest absolute Gasteiger partial charge is 0.104 e. The molecule has 0 spiro atoms. The van der Waals surface area contributed by atoms with Crippen LogP contribution in [0.4, 0.5) is 0 Å². The summed E-state index contributed by atoms with van der Waals surface area (Å²) in [5, 5.41) is 0. The van der Waals surface area contributed by atoms with E-state index in [1.807, 2.05) is 0 Å². The molecule has 17 heavy (non-hydrogen) atoms. The van der Waals surface area contributed by atoms with Gasteiger partial charge in [-0.1, -0.05) is 25.8 Å². The summed E-state index contributed by atoms with van der Waals surface area (Å²) in [5.41, 5.74) is 1.15. The van der Waals surface area contributed by atoms with E-state index in [1.165, 1.54) is 38.5 Å². The van der Waals surface area contributed by atoms with Crippen molar-refractivity contribution in [3.63, 3.8) is 0 Å². The molecular formula is C16H29P. The molecule has 1 saturated heterocycles. The normalized spacial score (nSPS) is 38.9. The van der Waals surface area contributed by atoms with Crippen molar-refractivity contribution in [2.45, 2.75) is 63.9 Å². The zero-order valence-corrected chi connectivity index (χ0v) is 12.4. The molecule has 0 unspecified atom stereocenters. The van der Waals surface area contributed by atoms with Crippen molar-refractivity contribution in [1.82, 2.24) is 0 Å². The van der Waals surface area contributed by atoms with Gasteiger partial charge in [-0.2, -0.15) is 0 Å². The highest BCUT2D eigenvalue weighted by atomic mass is 31.1. The van der Waals surface area contributed by atoms with Crippen molar-refractivity contribution in [3.8, 4) is 0 Å². The van der Waals surface area contributed by atoms with Crippen molar-refractivity contribution >= 4 is 7.92 Å². The lowest BCUT2D eigenvalue weighted by atomic mass is 9.90. The van der Waals surface area contributed by atoms with Gasteiger partial charge in [0.1, 0.15) is 0 Å². The molecule has 0 atom stereocenters. The molecule has 1 heteroatoms. The molecule has 1 saturated carbocycles. The first-order valence-corrected chi connectivity index (χ1v) is 9.42. The Morgan fingerprint density at radius 3 is 2.29 bits per heavy atom. The third kappa shape index (κ3) is 4.09. The summed E-state index contributed by atoms with van der Waals surface area (Å²) in [4.78, 5) is 0. The van der Waals surface area contributed by atoms with Gasteiger partial charge in [0.2, 0.25) is 0 Å². The fourth-order valence-electron chi connectivity index (χ4n) is 3.57. The van der Waals surface area contributed by atoms with E-state index >= 15 is 0 Å². The van der Waals surface area contributed by atoms with E-state index in [2.05, 4.69) is 19.6 Å². The second-order valence-corrected chi connectivity index (χ2v) is 9.06. The maximum Gasteiger partial charge on any atom is -0.0209 e. The van der Waals surface area contributed by atoms with E-state index in [4.69, 9.17) is 0 Å². The zero-order chi connectivity index (χ0) is 12.1. The molecule has 2 aliphatic rings. The van der Waals surface area contributed by atoms with Crippen molar-refractivity contribution in [2.24, 2.45) is 11.8 Å². The third-order valence-corrected chi connectivity index (χ3v) is 8.14. The molecule has 0 aromatic carbocycles. The minimum atomic E-state index is 0.424. The van der Waals surface area contributed by atoms with E-state index in [1.54, 1.807) is 25.2 Å². The van der Waals surface area contributed by atoms with Crippen molar-refractivity contribution < 1.29 is 0 Å². The Bertz CT molecular complexity index is 220. The van der Waals surface area contributed by atoms with E-state index in [0.29, 0.717) is 7.92 Å². The Kier molecular flexibility index (Phi) is 5.54. The second-order valence-electron chi connectivity index (χ2n) is 6.26. The van der Waals surface area contributed by atoms with Crippen LogP contribution in [0.5, 0.6) is 0 Å². The monoisotopic (exact) mass is 252 g/mol. The molecule has 0 aromatic rings. The standard InChI is InChI=1S/C16H29P/c1-3-4-5-15-10-12-17(13-11-15)16-8-6-14(2)7-9-16/h3,14-16H,1,4-13H2,2H3. The average molecular weight is 252 g/mol. The van der Waals surface area contributed by atoms with Gasteiger partial charge in [0.15, 0.2) is 0 Å². The van der Waals surface area contributed by atoms with E-state index in [9.17, 15) is 0 Å². The summed E-state index contributed by atoms with van der Waals surface area (Å²) < 4.78 is 0. The number of hydrogen-bond donors (Lipinski definition) is 0. The fourth-order valence-corrected chi connectivity index (χ4v) is 6.94. The molecule has 0 aromatic heterocycles. The molecule has 1 aliphatic heterocycles. The van der Waals surface area contributed by atoms with Crippen LogP contribution in [-0.2, 0) is 0 Å². The van der Waals surface area contributed by atoms with E-state index in [-0.39, 0.29) is 0 Å². The highest BCUT2D eigenvalue weighted by molar-refractivity contribution is 7.58. The van der Waals surface area contributed by atoms with Crippen LogP contribution in [0.3, 0.4) is 0 Å². The zero-order valence-electron chi connectivity index (χ0n) is 11.5. The lowest BCUT2D eigenvalue weighted by Crippen LogP contribution is -2.22. The van der Waals surface area contributed by atoms with Crippen LogP contribution in [-0.4, -0.2) is 18.0 Å². The first-order valence-electron chi connectivity index (χ1n) is 7.64. The van der Waals surface area contributed by atoms with Gasteiger partial charge in [0, 0.05) is 0 Å². The topological polar surface area (TPSA) is 0 Å². The summed E-state index contributed by atoms with van der Waals surface area (Å²) in [5.74, 6) is 2.06. The summed E-state index contributed by atoms with van der Waals surface area (Å²) in [6.45, 7) is 6.28. The van der Waals surface area contributed by atoms with Crippen LogP contribution in [0.1, 0.15) is 58.3 Å². The van der Waals surface area contributed by atoms with Crippen LogP contribution in [0.25, 0.3) is 0 Å². The molecule has 2 fully saturated rings. The SMILES string of the molecule is C=CCCC1CCP(C2CCC(C)CC2)CC1. The highest BCUT2D eigenvalue weighted by Crippen LogP contribution is 2.53. The average Bonchev–Trinajstić information content (AvgIpc) is 2.38. The van der Waals surface area contributed by atoms with E-state index in [0.717, 1.165) is 17.5 Å². The molecule has 0 radical (unpaired) electrons. The Balaban J connectivity index is 1.69. The summed E-state index contributed by atoms with van der Waals surface area (Å²) in [6.07, 6.45) is 17.2. The Morgan fingerprint density at radius 1 is 1.06 bits per heavy atom. The Labute approximate surface area is 109 Å². The molecule has 1 aliphatic carbocycles. The van der Waals surface area contributed by atoms with Gasteiger partial charge in [-0.25, -0.2) is 0 Å².